The number of aromatic carboxylic acids is 1. The van der Waals surface area contributed by atoms with Gasteiger partial charge in [-0.15, -0.1) is 0 Å². The predicted molar refractivity (Wildman–Crippen MR) is 67.6 cm³/mol. The number of carbonyl (C=O) groups is 2. The molecule has 0 radical (unpaired) electrons. The van der Waals surface area contributed by atoms with Crippen molar-refractivity contribution in [1.29, 1.82) is 0 Å². The monoisotopic (exact) mass is 280 g/mol. The first-order valence-electron chi connectivity index (χ1n) is 5.25. The Morgan fingerprint density at radius 3 is 2.79 bits per heavy atom. The number of rotatable bonds is 3. The number of carbonyl (C=O) groups excluding carboxylic acids is 1. The zero-order valence-corrected chi connectivity index (χ0v) is 10.6. The van der Waals surface area contributed by atoms with Gasteiger partial charge in [0.2, 0.25) is 5.76 Å². The standard InChI is InChI=1S/C12H9ClN2O4/c1-6-7(13)3-2-4-8(6)14-11(16)9-5-10(12(17)18)19-15-9/h2-5H,1H3,(H,14,16)(H,17,18). The van der Waals surface area contributed by atoms with Crippen LogP contribution in [-0.4, -0.2) is 22.1 Å². The highest BCUT2D eigenvalue weighted by atomic mass is 35.5. The highest BCUT2D eigenvalue weighted by Crippen LogP contribution is 2.23. The van der Waals surface area contributed by atoms with Crippen molar-refractivity contribution in [2.24, 2.45) is 0 Å². The number of hydrogen-bond donors (Lipinski definition) is 2. The second-order valence-corrected chi connectivity index (χ2v) is 4.16. The molecule has 6 nitrogen and oxygen atoms in total. The number of amides is 1. The number of anilines is 1. The van der Waals surface area contributed by atoms with Crippen LogP contribution in [0.5, 0.6) is 0 Å². The Morgan fingerprint density at radius 2 is 2.16 bits per heavy atom. The average Bonchev–Trinajstić information content (AvgIpc) is 2.84. The fraction of sp³-hybridized carbons (Fsp3) is 0.0833. The van der Waals surface area contributed by atoms with E-state index in [4.69, 9.17) is 16.7 Å². The Labute approximate surface area is 113 Å². The van der Waals surface area contributed by atoms with Gasteiger partial charge in [-0.25, -0.2) is 4.79 Å². The third kappa shape index (κ3) is 2.74. The molecular formula is C12H9ClN2O4. The van der Waals surface area contributed by atoms with Crippen LogP contribution < -0.4 is 5.32 Å². The lowest BCUT2D eigenvalue weighted by atomic mass is 10.2. The molecule has 0 saturated heterocycles. The number of nitrogens with zero attached hydrogens (tertiary/aromatic N) is 1. The van der Waals surface area contributed by atoms with Crippen LogP contribution in [0.25, 0.3) is 0 Å². The lowest BCUT2D eigenvalue weighted by Crippen LogP contribution is -2.13. The maximum atomic E-state index is 11.8. The van der Waals surface area contributed by atoms with Crippen LogP contribution in [0.2, 0.25) is 5.02 Å². The molecule has 1 amide bonds. The third-order valence-corrected chi connectivity index (χ3v) is 2.88. The van der Waals surface area contributed by atoms with E-state index < -0.39 is 17.6 Å². The number of halogens is 1. The molecule has 1 heterocycles. The minimum atomic E-state index is -1.29. The van der Waals surface area contributed by atoms with E-state index in [9.17, 15) is 9.59 Å². The quantitative estimate of drug-likeness (QED) is 0.901. The summed E-state index contributed by atoms with van der Waals surface area (Å²) < 4.78 is 4.50. The van der Waals surface area contributed by atoms with E-state index in [0.29, 0.717) is 16.3 Å². The van der Waals surface area contributed by atoms with Crippen molar-refractivity contribution >= 4 is 29.2 Å². The lowest BCUT2D eigenvalue weighted by Gasteiger charge is -2.07. The smallest absolute Gasteiger partial charge is 0.374 e. The number of nitrogens with one attached hydrogen (secondary N) is 1. The van der Waals surface area contributed by atoms with E-state index in [2.05, 4.69) is 15.0 Å². The maximum Gasteiger partial charge on any atom is 0.374 e. The molecule has 1 aromatic carbocycles. The first kappa shape index (κ1) is 13.1. The lowest BCUT2D eigenvalue weighted by molar-refractivity contribution is 0.0651. The van der Waals surface area contributed by atoms with Crippen molar-refractivity contribution in [3.05, 3.63) is 46.3 Å². The number of hydrogen-bond acceptors (Lipinski definition) is 4. The van der Waals surface area contributed by atoms with Crippen molar-refractivity contribution in [1.82, 2.24) is 5.16 Å². The van der Waals surface area contributed by atoms with Gasteiger partial charge in [0.15, 0.2) is 5.69 Å². The Hall–Kier alpha value is -2.34. The molecule has 0 spiro atoms. The second-order valence-electron chi connectivity index (χ2n) is 3.75. The Kier molecular flexibility index (Phi) is 3.52. The van der Waals surface area contributed by atoms with Gasteiger partial charge in [0.1, 0.15) is 0 Å². The summed E-state index contributed by atoms with van der Waals surface area (Å²) in [5.41, 5.74) is 1.12. The molecule has 0 saturated carbocycles. The van der Waals surface area contributed by atoms with Crippen LogP contribution in [0, 0.1) is 6.92 Å². The Bertz CT molecular complexity index is 651. The predicted octanol–water partition coefficient (Wildman–Crippen LogP) is 2.59. The maximum absolute atomic E-state index is 11.8. The summed E-state index contributed by atoms with van der Waals surface area (Å²) in [5.74, 6) is -2.25. The second kappa shape index (κ2) is 5.11. The number of carboxylic acid groups (broad SMARTS) is 1. The molecule has 0 aliphatic rings. The van der Waals surface area contributed by atoms with E-state index in [0.717, 1.165) is 6.07 Å². The summed E-state index contributed by atoms with van der Waals surface area (Å²) in [4.78, 5) is 22.5. The third-order valence-electron chi connectivity index (χ3n) is 2.47. The van der Waals surface area contributed by atoms with Gasteiger partial charge in [0.05, 0.1) is 0 Å². The van der Waals surface area contributed by atoms with Gasteiger partial charge in [-0.2, -0.15) is 0 Å². The van der Waals surface area contributed by atoms with Gasteiger partial charge in [0, 0.05) is 16.8 Å². The van der Waals surface area contributed by atoms with E-state index >= 15 is 0 Å². The van der Waals surface area contributed by atoms with Crippen molar-refractivity contribution in [2.45, 2.75) is 6.92 Å². The summed E-state index contributed by atoms with van der Waals surface area (Å²) >= 11 is 5.93. The normalized spacial score (nSPS) is 10.2. The van der Waals surface area contributed by atoms with Gasteiger partial charge >= 0.3 is 5.97 Å². The van der Waals surface area contributed by atoms with Gasteiger partial charge in [-0.3, -0.25) is 4.79 Å². The van der Waals surface area contributed by atoms with Gasteiger partial charge in [-0.1, -0.05) is 22.8 Å². The zero-order valence-electron chi connectivity index (χ0n) is 9.81. The molecule has 7 heteroatoms. The van der Waals surface area contributed by atoms with Crippen molar-refractivity contribution < 1.29 is 19.2 Å². The molecule has 0 bridgehead atoms. The molecule has 98 valence electrons. The SMILES string of the molecule is Cc1c(Cl)cccc1NC(=O)c1cc(C(=O)O)on1. The van der Waals surface area contributed by atoms with E-state index in [1.165, 1.54) is 0 Å². The van der Waals surface area contributed by atoms with Crippen molar-refractivity contribution in [2.75, 3.05) is 5.32 Å². The number of aromatic nitrogens is 1. The van der Waals surface area contributed by atoms with Crippen LogP contribution in [0.15, 0.2) is 28.8 Å². The average molecular weight is 281 g/mol. The van der Waals surface area contributed by atoms with Crippen LogP contribution >= 0.6 is 11.6 Å². The van der Waals surface area contributed by atoms with Crippen molar-refractivity contribution in [3.63, 3.8) is 0 Å². The molecule has 19 heavy (non-hydrogen) atoms. The summed E-state index contributed by atoms with van der Waals surface area (Å²) in [5, 5.41) is 15.2. The first-order chi connectivity index (χ1) is 8.99. The molecule has 0 aliphatic heterocycles. The Morgan fingerprint density at radius 1 is 1.42 bits per heavy atom. The first-order valence-corrected chi connectivity index (χ1v) is 5.63. The summed E-state index contributed by atoms with van der Waals surface area (Å²) in [6, 6.07) is 6.12. The minimum absolute atomic E-state index is 0.114. The highest BCUT2D eigenvalue weighted by Gasteiger charge is 2.17. The minimum Gasteiger partial charge on any atom is -0.475 e. The van der Waals surface area contributed by atoms with Gasteiger partial charge < -0.3 is 14.9 Å². The van der Waals surface area contributed by atoms with Crippen LogP contribution in [0.4, 0.5) is 5.69 Å². The van der Waals surface area contributed by atoms with Crippen LogP contribution in [0.3, 0.4) is 0 Å². The van der Waals surface area contributed by atoms with E-state index in [-0.39, 0.29) is 5.69 Å². The molecule has 0 unspecified atom stereocenters. The molecule has 2 rings (SSSR count). The van der Waals surface area contributed by atoms with Crippen molar-refractivity contribution in [3.8, 4) is 0 Å². The summed E-state index contributed by atoms with van der Waals surface area (Å²) in [7, 11) is 0. The van der Waals surface area contributed by atoms with Crippen LogP contribution in [0.1, 0.15) is 26.6 Å². The fourth-order valence-corrected chi connectivity index (χ4v) is 1.59. The van der Waals surface area contributed by atoms with Gasteiger partial charge in [-0.05, 0) is 24.6 Å². The Balaban J connectivity index is 2.21. The molecule has 0 fully saturated rings. The zero-order chi connectivity index (χ0) is 14.0. The molecule has 0 aliphatic carbocycles. The van der Waals surface area contributed by atoms with Crippen LogP contribution in [-0.2, 0) is 0 Å². The van der Waals surface area contributed by atoms with E-state index in [1.807, 2.05) is 0 Å². The molecule has 1 aromatic heterocycles. The molecular weight excluding hydrogens is 272 g/mol. The summed E-state index contributed by atoms with van der Waals surface area (Å²) in [6.07, 6.45) is 0. The van der Waals surface area contributed by atoms with E-state index in [1.54, 1.807) is 25.1 Å². The largest absolute Gasteiger partial charge is 0.475 e. The fourth-order valence-electron chi connectivity index (χ4n) is 1.41. The highest BCUT2D eigenvalue weighted by molar-refractivity contribution is 6.31. The topological polar surface area (TPSA) is 92.4 Å². The number of carboxylic acids is 1. The molecule has 2 aromatic rings. The molecule has 2 N–H and O–H groups in total. The van der Waals surface area contributed by atoms with Gasteiger partial charge in [0.25, 0.3) is 5.91 Å². The summed E-state index contributed by atoms with van der Waals surface area (Å²) in [6.45, 7) is 1.75. The number of benzene rings is 1. The molecule has 0 atom stereocenters.